The van der Waals surface area contributed by atoms with Crippen LogP contribution in [0.4, 0.5) is 4.39 Å². The Morgan fingerprint density at radius 3 is 2.81 bits per heavy atom. The molecule has 0 fully saturated rings. The number of aryl methyl sites for hydroxylation is 1. The van der Waals surface area contributed by atoms with Crippen LogP contribution < -0.4 is 0 Å². The molecule has 0 amide bonds. The summed E-state index contributed by atoms with van der Waals surface area (Å²) in [6.45, 7) is 2.09. The molecule has 0 radical (unpaired) electrons. The van der Waals surface area contributed by atoms with Crippen LogP contribution in [0, 0.1) is 5.82 Å². The van der Waals surface area contributed by atoms with Crippen LogP contribution in [0.2, 0.25) is 0 Å². The zero-order valence-corrected chi connectivity index (χ0v) is 12.5. The second-order valence-corrected chi connectivity index (χ2v) is 6.18. The van der Waals surface area contributed by atoms with Crippen molar-refractivity contribution in [2.75, 3.05) is 0 Å². The Morgan fingerprint density at radius 1 is 1.24 bits per heavy atom. The molecular formula is C17H16FNOS. The molecule has 4 heteroatoms. The van der Waals surface area contributed by atoms with E-state index in [1.807, 2.05) is 24.4 Å². The third-order valence-electron chi connectivity index (χ3n) is 3.52. The lowest BCUT2D eigenvalue weighted by molar-refractivity contribution is 0.181. The monoisotopic (exact) mass is 301 g/mol. The number of hydrogen-bond acceptors (Lipinski definition) is 3. The zero-order valence-electron chi connectivity index (χ0n) is 11.7. The molecule has 1 unspecified atom stereocenters. The van der Waals surface area contributed by atoms with Gasteiger partial charge in [0.25, 0.3) is 0 Å². The van der Waals surface area contributed by atoms with Crippen molar-refractivity contribution in [3.05, 3.63) is 64.5 Å². The van der Waals surface area contributed by atoms with Crippen LogP contribution >= 0.6 is 11.3 Å². The van der Waals surface area contributed by atoms with E-state index in [0.717, 1.165) is 27.1 Å². The topological polar surface area (TPSA) is 33.1 Å². The molecular weight excluding hydrogens is 285 g/mol. The second-order valence-electron chi connectivity index (χ2n) is 5.06. The fourth-order valence-electron chi connectivity index (χ4n) is 2.28. The first-order valence-electron chi connectivity index (χ1n) is 6.96. The maximum atomic E-state index is 13.2. The molecule has 0 aliphatic carbocycles. The maximum absolute atomic E-state index is 13.2. The predicted octanol–water partition coefficient (Wildman–Crippen LogP) is 4.27. The van der Waals surface area contributed by atoms with Crippen LogP contribution in [0.1, 0.15) is 29.2 Å². The van der Waals surface area contributed by atoms with Gasteiger partial charge in [0, 0.05) is 27.9 Å². The molecule has 2 nitrogen and oxygen atoms in total. The molecule has 21 heavy (non-hydrogen) atoms. The van der Waals surface area contributed by atoms with Gasteiger partial charge in [-0.3, -0.25) is 4.98 Å². The predicted molar refractivity (Wildman–Crippen MR) is 84.1 cm³/mol. The van der Waals surface area contributed by atoms with Gasteiger partial charge in [-0.2, -0.15) is 0 Å². The van der Waals surface area contributed by atoms with E-state index >= 15 is 0 Å². The molecule has 1 atom stereocenters. The molecule has 1 aromatic carbocycles. The summed E-state index contributed by atoms with van der Waals surface area (Å²) in [6, 6.07) is 10.5. The number of aliphatic hydroxyl groups is 1. The maximum Gasteiger partial charge on any atom is 0.123 e. The first kappa shape index (κ1) is 14.2. The van der Waals surface area contributed by atoms with Crippen molar-refractivity contribution in [1.29, 1.82) is 0 Å². The number of nitrogens with zero attached hydrogens (tertiary/aromatic N) is 1. The summed E-state index contributed by atoms with van der Waals surface area (Å²) in [6.07, 6.45) is 2.67. The van der Waals surface area contributed by atoms with Crippen LogP contribution in [-0.4, -0.2) is 10.1 Å². The van der Waals surface area contributed by atoms with Crippen molar-refractivity contribution in [3.63, 3.8) is 0 Å². The third-order valence-corrected chi connectivity index (χ3v) is 4.74. The number of halogens is 1. The van der Waals surface area contributed by atoms with Gasteiger partial charge in [-0.05, 0) is 47.7 Å². The summed E-state index contributed by atoms with van der Waals surface area (Å²) in [4.78, 5) is 5.21. The molecule has 2 aromatic heterocycles. The van der Waals surface area contributed by atoms with Crippen LogP contribution in [0.25, 0.3) is 10.1 Å². The van der Waals surface area contributed by atoms with E-state index in [1.165, 1.54) is 29.0 Å². The Kier molecular flexibility index (Phi) is 3.99. The second kappa shape index (κ2) is 5.92. The Morgan fingerprint density at radius 2 is 2.10 bits per heavy atom. The normalized spacial score (nSPS) is 12.7. The van der Waals surface area contributed by atoms with Gasteiger partial charge in [-0.15, -0.1) is 11.3 Å². The van der Waals surface area contributed by atoms with Gasteiger partial charge in [0.05, 0.1) is 6.10 Å². The number of rotatable bonds is 4. The van der Waals surface area contributed by atoms with E-state index in [-0.39, 0.29) is 5.82 Å². The largest absolute Gasteiger partial charge is 0.387 e. The first-order valence-corrected chi connectivity index (χ1v) is 7.78. The summed E-state index contributed by atoms with van der Waals surface area (Å²) in [5.41, 5.74) is 2.05. The van der Waals surface area contributed by atoms with Crippen LogP contribution in [0.5, 0.6) is 0 Å². The Labute approximate surface area is 126 Å². The lowest BCUT2D eigenvalue weighted by Gasteiger charge is -2.08. The molecule has 108 valence electrons. The van der Waals surface area contributed by atoms with Crippen molar-refractivity contribution in [3.8, 4) is 0 Å². The first-order chi connectivity index (χ1) is 10.2. The number of thiophene rings is 1. The summed E-state index contributed by atoms with van der Waals surface area (Å²) in [7, 11) is 0. The highest BCUT2D eigenvalue weighted by Gasteiger charge is 2.13. The molecule has 0 aliphatic rings. The fraction of sp³-hybridized carbons (Fsp3) is 0.235. The van der Waals surface area contributed by atoms with Crippen molar-refractivity contribution in [2.45, 2.75) is 25.9 Å². The van der Waals surface area contributed by atoms with Crippen molar-refractivity contribution >= 4 is 21.4 Å². The van der Waals surface area contributed by atoms with Gasteiger partial charge in [0.1, 0.15) is 5.82 Å². The molecule has 1 N–H and O–H groups in total. The van der Waals surface area contributed by atoms with Crippen LogP contribution in [-0.2, 0) is 12.8 Å². The van der Waals surface area contributed by atoms with E-state index in [2.05, 4.69) is 11.9 Å². The average molecular weight is 301 g/mol. The average Bonchev–Trinajstić information content (AvgIpc) is 2.91. The molecule has 2 heterocycles. The molecule has 0 spiro atoms. The number of hydrogen-bond donors (Lipinski definition) is 1. The van der Waals surface area contributed by atoms with Gasteiger partial charge in [-0.25, -0.2) is 4.39 Å². The smallest absolute Gasteiger partial charge is 0.123 e. The van der Waals surface area contributed by atoms with Gasteiger partial charge in [0.15, 0.2) is 0 Å². The molecule has 0 saturated carbocycles. The summed E-state index contributed by atoms with van der Waals surface area (Å²) < 4.78 is 14.2. The number of fused-ring (bicyclic) bond motifs is 1. The minimum atomic E-state index is -0.606. The van der Waals surface area contributed by atoms with E-state index in [1.54, 1.807) is 6.07 Å². The van der Waals surface area contributed by atoms with Gasteiger partial charge in [-0.1, -0.05) is 13.0 Å². The lowest BCUT2D eigenvalue weighted by atomic mass is 10.1. The minimum absolute atomic E-state index is 0.252. The highest BCUT2D eigenvalue weighted by molar-refractivity contribution is 7.19. The molecule has 0 saturated heterocycles. The highest BCUT2D eigenvalue weighted by Crippen LogP contribution is 2.31. The standard InChI is InChI=1S/C17H16FNOS/c1-2-11-3-5-14(19-10-11)9-15(20)17-8-12-7-13(18)4-6-16(12)21-17/h3-8,10,15,20H,2,9H2,1H3. The number of benzene rings is 1. The third kappa shape index (κ3) is 3.12. The van der Waals surface area contributed by atoms with Crippen LogP contribution in [0.15, 0.2) is 42.6 Å². The summed E-state index contributed by atoms with van der Waals surface area (Å²) in [5.74, 6) is -0.252. The van der Waals surface area contributed by atoms with E-state index < -0.39 is 6.10 Å². The molecule has 3 rings (SSSR count). The zero-order chi connectivity index (χ0) is 14.8. The van der Waals surface area contributed by atoms with Gasteiger partial charge >= 0.3 is 0 Å². The van der Waals surface area contributed by atoms with Crippen molar-refractivity contribution in [2.24, 2.45) is 0 Å². The van der Waals surface area contributed by atoms with Gasteiger partial charge < -0.3 is 5.11 Å². The fourth-order valence-corrected chi connectivity index (χ4v) is 3.31. The minimum Gasteiger partial charge on any atom is -0.387 e. The summed E-state index contributed by atoms with van der Waals surface area (Å²) >= 11 is 1.50. The van der Waals surface area contributed by atoms with E-state index in [9.17, 15) is 9.50 Å². The number of pyridine rings is 1. The Balaban J connectivity index is 1.80. The highest BCUT2D eigenvalue weighted by atomic mass is 32.1. The molecule has 3 aromatic rings. The Bertz CT molecular complexity index is 751. The number of aliphatic hydroxyl groups excluding tert-OH is 1. The Hall–Kier alpha value is -1.78. The molecule has 0 aliphatic heterocycles. The van der Waals surface area contributed by atoms with Crippen molar-refractivity contribution < 1.29 is 9.50 Å². The number of aromatic nitrogens is 1. The SMILES string of the molecule is CCc1ccc(CC(O)c2cc3cc(F)ccc3s2)nc1. The summed E-state index contributed by atoms with van der Waals surface area (Å²) in [5, 5.41) is 11.2. The quantitative estimate of drug-likeness (QED) is 0.780. The van der Waals surface area contributed by atoms with Crippen LogP contribution in [0.3, 0.4) is 0 Å². The van der Waals surface area contributed by atoms with E-state index in [4.69, 9.17) is 0 Å². The van der Waals surface area contributed by atoms with E-state index in [0.29, 0.717) is 6.42 Å². The van der Waals surface area contributed by atoms with Gasteiger partial charge in [0.2, 0.25) is 0 Å². The van der Waals surface area contributed by atoms with Crippen molar-refractivity contribution in [1.82, 2.24) is 4.98 Å². The molecule has 0 bridgehead atoms. The lowest BCUT2D eigenvalue weighted by Crippen LogP contribution is -2.01.